The van der Waals surface area contributed by atoms with Crippen molar-refractivity contribution in [3.05, 3.63) is 36.2 Å². The van der Waals surface area contributed by atoms with Crippen LogP contribution in [0, 0.1) is 0 Å². The van der Waals surface area contributed by atoms with Crippen LogP contribution in [0.5, 0.6) is 0 Å². The summed E-state index contributed by atoms with van der Waals surface area (Å²) in [6.07, 6.45) is 3.68. The van der Waals surface area contributed by atoms with Gasteiger partial charge in [0.15, 0.2) is 5.16 Å². The molecule has 88 valence electrons. The molecule has 0 saturated carbocycles. The van der Waals surface area contributed by atoms with E-state index in [2.05, 4.69) is 20.3 Å². The zero-order valence-electron chi connectivity index (χ0n) is 9.42. The van der Waals surface area contributed by atoms with Crippen LogP contribution in [0.2, 0.25) is 0 Å². The number of nitrogens with one attached hydrogen (secondary N) is 1. The Morgan fingerprint density at radius 1 is 1.35 bits per heavy atom. The second-order valence-corrected chi connectivity index (χ2v) is 4.11. The van der Waals surface area contributed by atoms with E-state index in [0.717, 1.165) is 5.69 Å². The van der Waals surface area contributed by atoms with Crippen LogP contribution in [-0.4, -0.2) is 21.2 Å². The highest BCUT2D eigenvalue weighted by Crippen LogP contribution is 2.15. The molecule has 2 aromatic rings. The SMILES string of the molecule is CSc1nc(N)cc(NCc2ccccn2)n1. The number of pyridine rings is 1. The number of aromatic nitrogens is 3. The van der Waals surface area contributed by atoms with Crippen molar-refractivity contribution in [3.8, 4) is 0 Å². The summed E-state index contributed by atoms with van der Waals surface area (Å²) in [7, 11) is 0. The molecule has 0 unspecified atom stereocenters. The summed E-state index contributed by atoms with van der Waals surface area (Å²) < 4.78 is 0. The van der Waals surface area contributed by atoms with Crippen molar-refractivity contribution < 1.29 is 0 Å². The molecule has 0 aromatic carbocycles. The van der Waals surface area contributed by atoms with Gasteiger partial charge in [0.1, 0.15) is 11.6 Å². The molecule has 2 aromatic heterocycles. The molecule has 5 nitrogen and oxygen atoms in total. The molecule has 0 amide bonds. The highest BCUT2D eigenvalue weighted by molar-refractivity contribution is 7.98. The van der Waals surface area contributed by atoms with Gasteiger partial charge in [-0.3, -0.25) is 4.98 Å². The van der Waals surface area contributed by atoms with E-state index in [1.54, 1.807) is 12.3 Å². The fraction of sp³-hybridized carbons (Fsp3) is 0.182. The molecular formula is C11H13N5S. The zero-order valence-corrected chi connectivity index (χ0v) is 10.2. The molecule has 0 aliphatic heterocycles. The molecule has 6 heteroatoms. The van der Waals surface area contributed by atoms with Gasteiger partial charge in [-0.05, 0) is 18.4 Å². The lowest BCUT2D eigenvalue weighted by atomic mass is 10.3. The van der Waals surface area contributed by atoms with Gasteiger partial charge in [0.25, 0.3) is 0 Å². The number of rotatable bonds is 4. The summed E-state index contributed by atoms with van der Waals surface area (Å²) in [5.41, 5.74) is 6.64. The minimum atomic E-state index is 0.466. The Labute approximate surface area is 104 Å². The third-order valence-electron chi connectivity index (χ3n) is 2.08. The second-order valence-electron chi connectivity index (χ2n) is 3.34. The minimum absolute atomic E-state index is 0.466. The molecule has 0 spiro atoms. The maximum atomic E-state index is 5.68. The van der Waals surface area contributed by atoms with Crippen LogP contribution in [0.4, 0.5) is 11.6 Å². The lowest BCUT2D eigenvalue weighted by Gasteiger charge is -2.06. The Balaban J connectivity index is 2.06. The molecule has 0 radical (unpaired) electrons. The smallest absolute Gasteiger partial charge is 0.191 e. The summed E-state index contributed by atoms with van der Waals surface area (Å²) in [4.78, 5) is 12.6. The third kappa shape index (κ3) is 3.32. The van der Waals surface area contributed by atoms with Crippen molar-refractivity contribution in [2.75, 3.05) is 17.3 Å². The molecule has 0 fully saturated rings. The predicted octanol–water partition coefficient (Wildman–Crippen LogP) is 1.79. The quantitative estimate of drug-likeness (QED) is 0.633. The van der Waals surface area contributed by atoms with Crippen LogP contribution in [0.1, 0.15) is 5.69 Å². The van der Waals surface area contributed by atoms with Gasteiger partial charge in [-0.1, -0.05) is 17.8 Å². The van der Waals surface area contributed by atoms with Crippen LogP contribution in [0.3, 0.4) is 0 Å². The summed E-state index contributed by atoms with van der Waals surface area (Å²) >= 11 is 1.46. The number of nitrogen functional groups attached to an aromatic ring is 1. The van der Waals surface area contributed by atoms with E-state index in [1.807, 2.05) is 24.5 Å². The third-order valence-corrected chi connectivity index (χ3v) is 2.63. The second kappa shape index (κ2) is 5.49. The van der Waals surface area contributed by atoms with E-state index in [1.165, 1.54) is 11.8 Å². The van der Waals surface area contributed by atoms with Crippen molar-refractivity contribution in [1.29, 1.82) is 0 Å². The van der Waals surface area contributed by atoms with Crippen LogP contribution >= 0.6 is 11.8 Å². The number of nitrogens with zero attached hydrogens (tertiary/aromatic N) is 3. The van der Waals surface area contributed by atoms with E-state index in [-0.39, 0.29) is 0 Å². The molecule has 3 N–H and O–H groups in total. The van der Waals surface area contributed by atoms with Gasteiger partial charge in [-0.25, -0.2) is 9.97 Å². The summed E-state index contributed by atoms with van der Waals surface area (Å²) in [5.74, 6) is 1.18. The number of thioether (sulfide) groups is 1. The Morgan fingerprint density at radius 3 is 2.94 bits per heavy atom. The van der Waals surface area contributed by atoms with Crippen molar-refractivity contribution >= 4 is 23.4 Å². The van der Waals surface area contributed by atoms with E-state index < -0.39 is 0 Å². The first kappa shape index (κ1) is 11.7. The molecule has 0 bridgehead atoms. The largest absolute Gasteiger partial charge is 0.383 e. The highest BCUT2D eigenvalue weighted by atomic mass is 32.2. The normalized spacial score (nSPS) is 10.2. The van der Waals surface area contributed by atoms with Crippen molar-refractivity contribution in [3.63, 3.8) is 0 Å². The van der Waals surface area contributed by atoms with E-state index >= 15 is 0 Å². The highest BCUT2D eigenvalue weighted by Gasteiger charge is 2.01. The van der Waals surface area contributed by atoms with Gasteiger partial charge in [0.05, 0.1) is 12.2 Å². The van der Waals surface area contributed by atoms with Crippen molar-refractivity contribution in [1.82, 2.24) is 15.0 Å². The first-order valence-corrected chi connectivity index (χ1v) is 6.33. The molecule has 0 aliphatic rings. The number of nitrogens with two attached hydrogens (primary N) is 1. The molecular weight excluding hydrogens is 234 g/mol. The first-order chi connectivity index (χ1) is 8.28. The lowest BCUT2D eigenvalue weighted by Crippen LogP contribution is -2.05. The molecule has 2 rings (SSSR count). The Kier molecular flexibility index (Phi) is 3.77. The fourth-order valence-electron chi connectivity index (χ4n) is 1.31. The van der Waals surface area contributed by atoms with Crippen molar-refractivity contribution in [2.45, 2.75) is 11.7 Å². The van der Waals surface area contributed by atoms with Gasteiger partial charge in [-0.2, -0.15) is 0 Å². The lowest BCUT2D eigenvalue weighted by molar-refractivity contribution is 0.952. The van der Waals surface area contributed by atoms with Gasteiger partial charge in [-0.15, -0.1) is 0 Å². The number of hydrogen-bond acceptors (Lipinski definition) is 6. The van der Waals surface area contributed by atoms with Crippen LogP contribution in [0.25, 0.3) is 0 Å². The van der Waals surface area contributed by atoms with Gasteiger partial charge >= 0.3 is 0 Å². The monoisotopic (exact) mass is 247 g/mol. The summed E-state index contributed by atoms with van der Waals surface area (Å²) in [6, 6.07) is 7.50. The first-order valence-electron chi connectivity index (χ1n) is 5.10. The van der Waals surface area contributed by atoms with Crippen molar-refractivity contribution in [2.24, 2.45) is 0 Å². The van der Waals surface area contributed by atoms with E-state index in [4.69, 9.17) is 5.73 Å². The summed E-state index contributed by atoms with van der Waals surface area (Å²) in [6.45, 7) is 0.616. The maximum Gasteiger partial charge on any atom is 0.191 e. The maximum absolute atomic E-state index is 5.68. The number of hydrogen-bond donors (Lipinski definition) is 2. The van der Waals surface area contributed by atoms with E-state index in [0.29, 0.717) is 23.3 Å². The Hall–Kier alpha value is -1.82. The molecule has 0 saturated heterocycles. The molecule has 2 heterocycles. The predicted molar refractivity (Wildman–Crippen MR) is 69.8 cm³/mol. The van der Waals surface area contributed by atoms with Gasteiger partial charge < -0.3 is 11.1 Å². The zero-order chi connectivity index (χ0) is 12.1. The van der Waals surface area contributed by atoms with Crippen LogP contribution in [0.15, 0.2) is 35.6 Å². The van der Waals surface area contributed by atoms with Gasteiger partial charge in [0.2, 0.25) is 0 Å². The summed E-state index contributed by atoms with van der Waals surface area (Å²) in [5, 5.41) is 3.83. The minimum Gasteiger partial charge on any atom is -0.383 e. The molecule has 0 aliphatic carbocycles. The average molecular weight is 247 g/mol. The Bertz CT molecular complexity index is 488. The van der Waals surface area contributed by atoms with Crippen LogP contribution in [-0.2, 0) is 6.54 Å². The fourth-order valence-corrected chi connectivity index (χ4v) is 1.70. The van der Waals surface area contributed by atoms with Gasteiger partial charge in [0, 0.05) is 12.3 Å². The Morgan fingerprint density at radius 2 is 2.24 bits per heavy atom. The number of anilines is 2. The van der Waals surface area contributed by atoms with Crippen LogP contribution < -0.4 is 11.1 Å². The molecule has 0 atom stereocenters. The average Bonchev–Trinajstić information content (AvgIpc) is 2.37. The molecule has 17 heavy (non-hydrogen) atoms. The topological polar surface area (TPSA) is 76.7 Å². The van der Waals surface area contributed by atoms with E-state index in [9.17, 15) is 0 Å². The standard InChI is InChI=1S/C11H13N5S/c1-17-11-15-9(12)6-10(16-11)14-7-8-4-2-3-5-13-8/h2-6H,7H2,1H3,(H3,12,14,15,16).